The van der Waals surface area contributed by atoms with Crippen LogP contribution in [0.4, 0.5) is 0 Å². The first-order chi connectivity index (χ1) is 16.1. The molecule has 0 radical (unpaired) electrons. The van der Waals surface area contributed by atoms with E-state index in [4.69, 9.17) is 37.2 Å². The standard InChI is InChI=1S/C26H32Cl2N2O3/c1-4-7-12-31-23-16-24(32-13-8-5-2)21(28)15-20(23)26-25(18-10-9-11-19(27)14-18)22(30-33-26)17-29-6-3/h9-11,14-16,29H,4-8,12-13,17H2,1-3H3. The van der Waals surface area contributed by atoms with Crippen LogP contribution in [0.15, 0.2) is 40.9 Å². The zero-order chi connectivity index (χ0) is 23.6. The molecule has 0 aliphatic carbocycles. The Balaban J connectivity index is 2.11. The third kappa shape index (κ3) is 6.66. The van der Waals surface area contributed by atoms with Crippen molar-refractivity contribution in [2.45, 2.75) is 53.0 Å². The van der Waals surface area contributed by atoms with Crippen molar-refractivity contribution in [1.29, 1.82) is 0 Å². The number of hydrogen-bond donors (Lipinski definition) is 1. The quantitative estimate of drug-likeness (QED) is 0.248. The van der Waals surface area contributed by atoms with Gasteiger partial charge in [-0.05, 0) is 43.1 Å². The molecule has 0 bridgehead atoms. The van der Waals surface area contributed by atoms with Gasteiger partial charge >= 0.3 is 0 Å². The topological polar surface area (TPSA) is 56.5 Å². The van der Waals surface area contributed by atoms with E-state index in [-0.39, 0.29) is 0 Å². The molecule has 3 aromatic rings. The van der Waals surface area contributed by atoms with Crippen LogP contribution < -0.4 is 14.8 Å². The lowest BCUT2D eigenvalue weighted by atomic mass is 9.98. The van der Waals surface area contributed by atoms with Crippen LogP contribution in [0.5, 0.6) is 11.5 Å². The van der Waals surface area contributed by atoms with Gasteiger partial charge in [0.2, 0.25) is 0 Å². The molecule has 0 atom stereocenters. The normalized spacial score (nSPS) is 11.1. The summed E-state index contributed by atoms with van der Waals surface area (Å²) in [5.41, 5.74) is 3.33. The van der Waals surface area contributed by atoms with Crippen LogP contribution in [0.1, 0.15) is 52.1 Å². The van der Waals surface area contributed by atoms with Crippen LogP contribution >= 0.6 is 23.2 Å². The molecule has 7 heteroatoms. The average Bonchev–Trinajstić information content (AvgIpc) is 3.23. The van der Waals surface area contributed by atoms with Crippen molar-refractivity contribution in [3.63, 3.8) is 0 Å². The summed E-state index contributed by atoms with van der Waals surface area (Å²) in [4.78, 5) is 0. The highest BCUT2D eigenvalue weighted by atomic mass is 35.5. The van der Waals surface area contributed by atoms with Gasteiger partial charge in [0, 0.05) is 17.6 Å². The van der Waals surface area contributed by atoms with E-state index in [0.717, 1.165) is 54.6 Å². The second kappa shape index (κ2) is 12.9. The summed E-state index contributed by atoms with van der Waals surface area (Å²) >= 11 is 12.9. The highest BCUT2D eigenvalue weighted by Gasteiger charge is 2.24. The highest BCUT2D eigenvalue weighted by Crippen LogP contribution is 2.44. The monoisotopic (exact) mass is 490 g/mol. The number of ether oxygens (including phenoxy) is 2. The summed E-state index contributed by atoms with van der Waals surface area (Å²) in [6.07, 6.45) is 3.98. The molecule has 0 unspecified atom stereocenters. The van der Waals surface area contributed by atoms with E-state index >= 15 is 0 Å². The average molecular weight is 491 g/mol. The molecule has 0 amide bonds. The van der Waals surface area contributed by atoms with E-state index in [1.54, 1.807) is 0 Å². The van der Waals surface area contributed by atoms with Crippen LogP contribution in [0.3, 0.4) is 0 Å². The molecule has 0 aliphatic rings. The minimum Gasteiger partial charge on any atom is -0.493 e. The molecule has 0 saturated carbocycles. The minimum atomic E-state index is 0.505. The van der Waals surface area contributed by atoms with Gasteiger partial charge in [0.1, 0.15) is 17.2 Å². The van der Waals surface area contributed by atoms with Gasteiger partial charge in [0.05, 0.1) is 29.4 Å². The van der Waals surface area contributed by atoms with Crippen LogP contribution in [0.2, 0.25) is 10.0 Å². The molecule has 0 aliphatic heterocycles. The van der Waals surface area contributed by atoms with Crippen molar-refractivity contribution in [2.24, 2.45) is 0 Å². The van der Waals surface area contributed by atoms with Gasteiger partial charge < -0.3 is 19.3 Å². The summed E-state index contributed by atoms with van der Waals surface area (Å²) in [5, 5.41) is 8.85. The maximum atomic E-state index is 6.63. The van der Waals surface area contributed by atoms with E-state index < -0.39 is 0 Å². The number of nitrogens with zero attached hydrogens (tertiary/aromatic N) is 1. The Labute approximate surface area is 206 Å². The molecular formula is C26H32Cl2N2O3. The zero-order valence-electron chi connectivity index (χ0n) is 19.5. The van der Waals surface area contributed by atoms with Crippen molar-refractivity contribution in [2.75, 3.05) is 19.8 Å². The van der Waals surface area contributed by atoms with Gasteiger partial charge in [-0.25, -0.2) is 0 Å². The predicted molar refractivity (Wildman–Crippen MR) is 136 cm³/mol. The molecule has 0 fully saturated rings. The molecule has 2 aromatic carbocycles. The van der Waals surface area contributed by atoms with Crippen molar-refractivity contribution in [3.05, 3.63) is 52.1 Å². The Bertz CT molecular complexity index is 1040. The zero-order valence-corrected chi connectivity index (χ0v) is 21.1. The van der Waals surface area contributed by atoms with Gasteiger partial charge in [-0.3, -0.25) is 0 Å². The second-order valence-corrected chi connectivity index (χ2v) is 8.65. The second-order valence-electron chi connectivity index (χ2n) is 7.81. The lowest BCUT2D eigenvalue weighted by Crippen LogP contribution is -2.12. The van der Waals surface area contributed by atoms with Crippen molar-refractivity contribution < 1.29 is 14.0 Å². The van der Waals surface area contributed by atoms with Crippen LogP contribution in [-0.2, 0) is 6.54 Å². The van der Waals surface area contributed by atoms with E-state index in [9.17, 15) is 0 Å². The number of halogens is 2. The summed E-state index contributed by atoms with van der Waals surface area (Å²) in [5.74, 6) is 1.87. The van der Waals surface area contributed by atoms with Crippen LogP contribution in [0, 0.1) is 0 Å². The molecule has 0 spiro atoms. The SMILES string of the molecule is CCCCOc1cc(OCCCC)c(-c2onc(CNCC)c2-c2cccc(Cl)c2)cc1Cl. The first-order valence-electron chi connectivity index (χ1n) is 11.6. The molecule has 3 rings (SSSR count). The first-order valence-corrected chi connectivity index (χ1v) is 12.4. The van der Waals surface area contributed by atoms with Crippen LogP contribution in [0.25, 0.3) is 22.5 Å². The largest absolute Gasteiger partial charge is 0.493 e. The van der Waals surface area contributed by atoms with E-state index in [0.29, 0.717) is 47.1 Å². The number of benzene rings is 2. The number of rotatable bonds is 13. The summed E-state index contributed by atoms with van der Waals surface area (Å²) in [6.45, 7) is 8.89. The van der Waals surface area contributed by atoms with Gasteiger partial charge in [-0.1, -0.05) is 74.1 Å². The minimum absolute atomic E-state index is 0.505. The number of hydrogen-bond acceptors (Lipinski definition) is 5. The summed E-state index contributed by atoms with van der Waals surface area (Å²) < 4.78 is 18.0. The van der Waals surface area contributed by atoms with E-state index in [2.05, 4.69) is 31.2 Å². The molecule has 33 heavy (non-hydrogen) atoms. The van der Waals surface area contributed by atoms with Gasteiger partial charge in [-0.2, -0.15) is 0 Å². The van der Waals surface area contributed by atoms with Crippen LogP contribution in [-0.4, -0.2) is 24.9 Å². The maximum Gasteiger partial charge on any atom is 0.178 e. The lowest BCUT2D eigenvalue weighted by Gasteiger charge is -2.15. The lowest BCUT2D eigenvalue weighted by molar-refractivity contribution is 0.294. The third-order valence-corrected chi connectivity index (χ3v) is 5.74. The Morgan fingerprint density at radius 1 is 0.939 bits per heavy atom. The fraction of sp³-hybridized carbons (Fsp3) is 0.423. The fourth-order valence-electron chi connectivity index (χ4n) is 3.41. The molecule has 1 aromatic heterocycles. The molecule has 5 nitrogen and oxygen atoms in total. The van der Waals surface area contributed by atoms with Gasteiger partial charge in [0.25, 0.3) is 0 Å². The van der Waals surface area contributed by atoms with Gasteiger partial charge in [-0.15, -0.1) is 0 Å². The first kappa shape index (κ1) is 25.4. The molecule has 1 heterocycles. The van der Waals surface area contributed by atoms with Crippen molar-refractivity contribution >= 4 is 23.2 Å². The maximum absolute atomic E-state index is 6.63. The molecule has 0 saturated heterocycles. The third-order valence-electron chi connectivity index (χ3n) is 5.21. The molecular weight excluding hydrogens is 459 g/mol. The number of nitrogens with one attached hydrogen (secondary N) is 1. The Kier molecular flexibility index (Phi) is 9.92. The number of aromatic nitrogens is 1. The fourth-order valence-corrected chi connectivity index (χ4v) is 3.82. The van der Waals surface area contributed by atoms with Crippen molar-refractivity contribution in [3.8, 4) is 33.9 Å². The predicted octanol–water partition coefficient (Wildman–Crippen LogP) is 7.78. The Morgan fingerprint density at radius 3 is 2.33 bits per heavy atom. The van der Waals surface area contributed by atoms with Crippen molar-refractivity contribution in [1.82, 2.24) is 10.5 Å². The molecule has 1 N–H and O–H groups in total. The Hall–Kier alpha value is -2.21. The van der Waals surface area contributed by atoms with E-state index in [1.165, 1.54) is 0 Å². The summed E-state index contributed by atoms with van der Waals surface area (Å²) in [6, 6.07) is 11.4. The highest BCUT2D eigenvalue weighted by molar-refractivity contribution is 6.32. The number of unbranched alkanes of at least 4 members (excludes halogenated alkanes) is 2. The van der Waals surface area contributed by atoms with E-state index in [1.807, 2.05) is 36.4 Å². The molecule has 178 valence electrons. The Morgan fingerprint density at radius 2 is 1.67 bits per heavy atom. The smallest absolute Gasteiger partial charge is 0.178 e. The van der Waals surface area contributed by atoms with Gasteiger partial charge in [0.15, 0.2) is 5.76 Å². The summed E-state index contributed by atoms with van der Waals surface area (Å²) in [7, 11) is 0.